The number of nitrogens with two attached hydrogens (primary N) is 2. The molecule has 0 aromatic heterocycles. The number of halogens is 2. The van der Waals surface area contributed by atoms with Gasteiger partial charge in [-0.1, -0.05) is 12.1 Å². The van der Waals surface area contributed by atoms with E-state index >= 15 is 0 Å². The average molecular weight is 312 g/mol. The van der Waals surface area contributed by atoms with Crippen molar-refractivity contribution < 1.29 is 15.4 Å². The lowest BCUT2D eigenvalue weighted by molar-refractivity contribution is -0.137. The van der Waals surface area contributed by atoms with E-state index in [9.17, 15) is 4.79 Å². The van der Waals surface area contributed by atoms with Gasteiger partial charge < -0.3 is 22.1 Å². The second-order valence-corrected chi connectivity index (χ2v) is 3.55. The molecule has 0 aliphatic rings. The number of carboxylic acids is 1. The van der Waals surface area contributed by atoms with Gasteiger partial charge in [0.1, 0.15) is 0 Å². The van der Waals surface area contributed by atoms with Crippen molar-refractivity contribution in [2.24, 2.45) is 16.5 Å². The molecule has 0 aliphatic carbocycles. The standard InChI is InChI=1S/C11H15N3O2.2ClH.H2O/c1-7(12)14-9-4-2-8(3-5-9)10(13)6-11(15)16;;;/h2-5,10H,6,13H2,1H3,(H2,12,14)(H,15,16);2*1H;1H2. The molecule has 1 unspecified atom stereocenters. The number of aliphatic carboxylic acids is 1. The number of carboxylic acid groups (broad SMARTS) is 1. The van der Waals surface area contributed by atoms with Gasteiger partial charge >= 0.3 is 5.97 Å². The number of amidine groups is 1. The fraction of sp³-hybridized carbons (Fsp3) is 0.273. The Morgan fingerprint density at radius 3 is 2.16 bits per heavy atom. The van der Waals surface area contributed by atoms with Crippen LogP contribution >= 0.6 is 24.8 Å². The minimum absolute atomic E-state index is 0. The Bertz CT molecular complexity index is 406. The van der Waals surface area contributed by atoms with Gasteiger partial charge in [-0.15, -0.1) is 24.8 Å². The van der Waals surface area contributed by atoms with Gasteiger partial charge in [0.2, 0.25) is 0 Å². The first-order chi connectivity index (χ1) is 7.49. The van der Waals surface area contributed by atoms with E-state index in [1.54, 1.807) is 31.2 Å². The summed E-state index contributed by atoms with van der Waals surface area (Å²) in [4.78, 5) is 14.5. The maximum Gasteiger partial charge on any atom is 0.305 e. The third-order valence-electron chi connectivity index (χ3n) is 2.02. The maximum atomic E-state index is 10.5. The molecule has 7 N–H and O–H groups in total. The van der Waals surface area contributed by atoms with E-state index < -0.39 is 12.0 Å². The predicted octanol–water partition coefficient (Wildman–Crippen LogP) is 1.19. The van der Waals surface area contributed by atoms with E-state index in [2.05, 4.69) is 4.99 Å². The van der Waals surface area contributed by atoms with Crippen LogP contribution in [0.1, 0.15) is 24.9 Å². The van der Waals surface area contributed by atoms with Gasteiger partial charge in [-0.25, -0.2) is 4.99 Å². The fourth-order valence-electron chi connectivity index (χ4n) is 1.31. The van der Waals surface area contributed by atoms with Gasteiger partial charge in [0.05, 0.1) is 17.9 Å². The molecule has 0 radical (unpaired) electrons. The van der Waals surface area contributed by atoms with Crippen LogP contribution < -0.4 is 11.5 Å². The van der Waals surface area contributed by atoms with Crippen LogP contribution in [0.25, 0.3) is 0 Å². The first-order valence-corrected chi connectivity index (χ1v) is 4.87. The van der Waals surface area contributed by atoms with Crippen molar-refractivity contribution >= 4 is 42.3 Å². The molecule has 0 amide bonds. The quantitative estimate of drug-likeness (QED) is 0.568. The first kappa shape index (κ1) is 22.8. The van der Waals surface area contributed by atoms with E-state index in [1.165, 1.54) is 0 Å². The van der Waals surface area contributed by atoms with E-state index in [-0.39, 0.29) is 36.7 Å². The Morgan fingerprint density at radius 1 is 1.32 bits per heavy atom. The van der Waals surface area contributed by atoms with Crippen molar-refractivity contribution in [1.29, 1.82) is 0 Å². The lowest BCUT2D eigenvalue weighted by atomic mass is 10.0. The Balaban J connectivity index is -0.000000853. The van der Waals surface area contributed by atoms with E-state index in [0.717, 1.165) is 11.3 Å². The molecule has 1 aromatic carbocycles. The van der Waals surface area contributed by atoms with Crippen LogP contribution in [0.15, 0.2) is 29.3 Å². The van der Waals surface area contributed by atoms with E-state index in [0.29, 0.717) is 5.84 Å². The number of benzene rings is 1. The smallest absolute Gasteiger partial charge is 0.305 e. The van der Waals surface area contributed by atoms with Gasteiger partial charge in [0.15, 0.2) is 0 Å². The summed E-state index contributed by atoms with van der Waals surface area (Å²) >= 11 is 0. The zero-order chi connectivity index (χ0) is 12.1. The van der Waals surface area contributed by atoms with Crippen molar-refractivity contribution in [3.63, 3.8) is 0 Å². The summed E-state index contributed by atoms with van der Waals surface area (Å²) in [6, 6.07) is 6.54. The lowest BCUT2D eigenvalue weighted by Gasteiger charge is -2.09. The van der Waals surface area contributed by atoms with Crippen molar-refractivity contribution in [1.82, 2.24) is 0 Å². The predicted molar refractivity (Wildman–Crippen MR) is 80.7 cm³/mol. The second-order valence-electron chi connectivity index (χ2n) is 3.55. The Morgan fingerprint density at radius 2 is 1.79 bits per heavy atom. The molecule has 0 saturated heterocycles. The molecule has 0 bridgehead atoms. The normalized spacial score (nSPS) is 11.4. The summed E-state index contributed by atoms with van der Waals surface area (Å²) in [6.07, 6.45) is -0.0848. The first-order valence-electron chi connectivity index (χ1n) is 4.87. The number of rotatable bonds is 4. The molecule has 8 heteroatoms. The lowest BCUT2D eigenvalue weighted by Crippen LogP contribution is -2.14. The summed E-state index contributed by atoms with van der Waals surface area (Å²) in [5.74, 6) is -0.435. The molecule has 0 heterocycles. The van der Waals surface area contributed by atoms with Crippen LogP contribution in [0.2, 0.25) is 0 Å². The fourth-order valence-corrected chi connectivity index (χ4v) is 1.31. The summed E-state index contributed by atoms with van der Waals surface area (Å²) in [7, 11) is 0. The molecular formula is C11H19Cl2N3O3. The largest absolute Gasteiger partial charge is 0.481 e. The topological polar surface area (TPSA) is 133 Å². The van der Waals surface area contributed by atoms with Crippen LogP contribution in [0.3, 0.4) is 0 Å². The van der Waals surface area contributed by atoms with Crippen LogP contribution in [0.5, 0.6) is 0 Å². The minimum atomic E-state index is -0.910. The van der Waals surface area contributed by atoms with Gasteiger partial charge in [-0.05, 0) is 24.6 Å². The number of carbonyl (C=O) groups is 1. The van der Waals surface area contributed by atoms with Crippen LogP contribution in [0.4, 0.5) is 5.69 Å². The number of hydrogen-bond acceptors (Lipinski definition) is 3. The highest BCUT2D eigenvalue weighted by atomic mass is 35.5. The third-order valence-corrected chi connectivity index (χ3v) is 2.02. The van der Waals surface area contributed by atoms with Crippen LogP contribution in [-0.4, -0.2) is 22.4 Å². The van der Waals surface area contributed by atoms with Crippen molar-refractivity contribution in [2.45, 2.75) is 19.4 Å². The molecule has 19 heavy (non-hydrogen) atoms. The van der Waals surface area contributed by atoms with Crippen LogP contribution in [0, 0.1) is 0 Å². The van der Waals surface area contributed by atoms with Crippen molar-refractivity contribution in [3.8, 4) is 0 Å². The van der Waals surface area contributed by atoms with E-state index in [1.807, 2.05) is 0 Å². The summed E-state index contributed by atoms with van der Waals surface area (Å²) in [5.41, 5.74) is 12.6. The Hall–Kier alpha value is -1.34. The second kappa shape index (κ2) is 10.6. The number of aliphatic imine (C=N–C) groups is 1. The molecule has 0 spiro atoms. The van der Waals surface area contributed by atoms with Gasteiger partial charge in [0.25, 0.3) is 0 Å². The van der Waals surface area contributed by atoms with E-state index in [4.69, 9.17) is 16.6 Å². The monoisotopic (exact) mass is 311 g/mol. The summed E-state index contributed by atoms with van der Waals surface area (Å²) in [5, 5.41) is 8.60. The Kier molecular flexibility index (Phi) is 12.7. The molecule has 6 nitrogen and oxygen atoms in total. The highest BCUT2D eigenvalue weighted by Gasteiger charge is 2.09. The summed E-state index contributed by atoms with van der Waals surface area (Å²) < 4.78 is 0. The molecule has 0 aliphatic heterocycles. The molecule has 0 saturated carbocycles. The molecular weight excluding hydrogens is 293 g/mol. The third kappa shape index (κ3) is 8.39. The zero-order valence-electron chi connectivity index (χ0n) is 10.4. The Labute approximate surface area is 124 Å². The maximum absolute atomic E-state index is 10.5. The van der Waals surface area contributed by atoms with Gasteiger partial charge in [-0.2, -0.15) is 0 Å². The van der Waals surface area contributed by atoms with Gasteiger partial charge in [0, 0.05) is 6.04 Å². The SMILES string of the molecule is CC(N)=Nc1ccc(C(N)CC(=O)O)cc1.Cl.Cl.O. The van der Waals surface area contributed by atoms with Crippen LogP contribution in [-0.2, 0) is 4.79 Å². The number of nitrogens with zero attached hydrogens (tertiary/aromatic N) is 1. The molecule has 1 atom stereocenters. The van der Waals surface area contributed by atoms with Crippen molar-refractivity contribution in [3.05, 3.63) is 29.8 Å². The highest BCUT2D eigenvalue weighted by Crippen LogP contribution is 2.18. The van der Waals surface area contributed by atoms with Gasteiger partial charge in [-0.3, -0.25) is 4.79 Å². The molecule has 1 aromatic rings. The number of hydrogen-bond donors (Lipinski definition) is 3. The average Bonchev–Trinajstić information content (AvgIpc) is 2.16. The molecule has 0 fully saturated rings. The minimum Gasteiger partial charge on any atom is -0.481 e. The zero-order valence-corrected chi connectivity index (χ0v) is 12.0. The highest BCUT2D eigenvalue weighted by molar-refractivity contribution is 5.85. The summed E-state index contributed by atoms with van der Waals surface area (Å²) in [6.45, 7) is 1.70. The molecule has 1 rings (SSSR count). The molecule has 110 valence electrons. The van der Waals surface area contributed by atoms with Crippen molar-refractivity contribution in [2.75, 3.05) is 0 Å².